The van der Waals surface area contributed by atoms with Gasteiger partial charge in [-0.25, -0.2) is 4.79 Å². The van der Waals surface area contributed by atoms with E-state index in [0.29, 0.717) is 5.56 Å². The summed E-state index contributed by atoms with van der Waals surface area (Å²) in [5.74, 6) is -0.955. The molecule has 0 aliphatic carbocycles. The number of aromatic nitrogens is 1. The first-order valence-electron chi connectivity index (χ1n) is 6.08. The lowest BCUT2D eigenvalue weighted by Gasteiger charge is -2.08. The second-order valence-corrected chi connectivity index (χ2v) is 4.22. The van der Waals surface area contributed by atoms with Crippen molar-refractivity contribution in [2.75, 3.05) is 14.2 Å². The predicted molar refractivity (Wildman–Crippen MR) is 76.4 cm³/mol. The van der Waals surface area contributed by atoms with Crippen molar-refractivity contribution in [3.63, 3.8) is 0 Å². The van der Waals surface area contributed by atoms with Gasteiger partial charge in [0, 0.05) is 11.6 Å². The van der Waals surface area contributed by atoms with Crippen LogP contribution in [0, 0.1) is 10.1 Å². The maximum Gasteiger partial charge on any atom is 0.339 e. The zero-order chi connectivity index (χ0) is 16.3. The van der Waals surface area contributed by atoms with Crippen molar-refractivity contribution in [1.82, 2.24) is 4.98 Å². The molecule has 114 valence electrons. The number of pyridine rings is 1. The van der Waals surface area contributed by atoms with E-state index in [4.69, 9.17) is 14.6 Å². The minimum Gasteiger partial charge on any atom is -0.494 e. The molecule has 0 unspecified atom stereocenters. The van der Waals surface area contributed by atoms with Crippen LogP contribution in [-0.4, -0.2) is 35.2 Å². The highest BCUT2D eigenvalue weighted by atomic mass is 16.6. The fourth-order valence-electron chi connectivity index (χ4n) is 1.92. The first-order chi connectivity index (χ1) is 10.5. The number of aromatic carboxylic acids is 1. The molecule has 0 saturated carbocycles. The molecular weight excluding hydrogens is 292 g/mol. The van der Waals surface area contributed by atoms with Gasteiger partial charge in [-0.15, -0.1) is 0 Å². The van der Waals surface area contributed by atoms with Gasteiger partial charge in [-0.05, 0) is 18.2 Å². The summed E-state index contributed by atoms with van der Waals surface area (Å²) in [7, 11) is 2.66. The SMILES string of the molecule is COc1cnc(-c2ccc(OC)c([N+](=O)[O-])c2)cc1C(=O)O. The standard InChI is InChI=1S/C14H12N2O6/c1-21-12-4-3-8(5-11(12)16(19)20)10-6-9(14(17)18)13(22-2)7-15-10/h3-7H,1-2H3,(H,17,18). The van der Waals surface area contributed by atoms with Crippen molar-refractivity contribution >= 4 is 11.7 Å². The number of carboxylic acid groups (broad SMARTS) is 1. The van der Waals surface area contributed by atoms with Gasteiger partial charge in [0.25, 0.3) is 0 Å². The fraction of sp³-hybridized carbons (Fsp3) is 0.143. The van der Waals surface area contributed by atoms with Crippen LogP contribution in [0.5, 0.6) is 11.5 Å². The largest absolute Gasteiger partial charge is 0.494 e. The number of carbonyl (C=O) groups is 1. The van der Waals surface area contributed by atoms with Crippen molar-refractivity contribution in [3.8, 4) is 22.8 Å². The number of hydrogen-bond acceptors (Lipinski definition) is 6. The second-order valence-electron chi connectivity index (χ2n) is 4.22. The predicted octanol–water partition coefficient (Wildman–Crippen LogP) is 2.37. The maximum absolute atomic E-state index is 11.2. The van der Waals surface area contributed by atoms with Crippen LogP contribution < -0.4 is 9.47 Å². The van der Waals surface area contributed by atoms with Gasteiger partial charge < -0.3 is 14.6 Å². The van der Waals surface area contributed by atoms with Crippen LogP contribution in [0.25, 0.3) is 11.3 Å². The number of nitro benzene ring substituents is 1. The van der Waals surface area contributed by atoms with Crippen LogP contribution >= 0.6 is 0 Å². The van der Waals surface area contributed by atoms with Crippen molar-refractivity contribution in [3.05, 3.63) is 46.1 Å². The zero-order valence-electron chi connectivity index (χ0n) is 11.8. The third kappa shape index (κ3) is 2.80. The Morgan fingerprint density at radius 3 is 2.45 bits per heavy atom. The Kier molecular flexibility index (Phi) is 4.21. The minimum atomic E-state index is -1.18. The van der Waals surface area contributed by atoms with Gasteiger partial charge >= 0.3 is 11.7 Å². The first kappa shape index (κ1) is 15.2. The van der Waals surface area contributed by atoms with Gasteiger partial charge in [-0.2, -0.15) is 0 Å². The van der Waals surface area contributed by atoms with Gasteiger partial charge in [0.05, 0.1) is 31.0 Å². The highest BCUT2D eigenvalue weighted by Crippen LogP contribution is 2.32. The third-order valence-electron chi connectivity index (χ3n) is 2.99. The summed E-state index contributed by atoms with van der Waals surface area (Å²) in [4.78, 5) is 25.7. The van der Waals surface area contributed by atoms with Crippen LogP contribution in [0.2, 0.25) is 0 Å². The number of hydrogen-bond donors (Lipinski definition) is 1. The number of nitro groups is 1. The summed E-state index contributed by atoms with van der Waals surface area (Å²) < 4.78 is 9.84. The van der Waals surface area contributed by atoms with Crippen molar-refractivity contribution < 1.29 is 24.3 Å². The van der Waals surface area contributed by atoms with E-state index in [1.807, 2.05) is 0 Å². The Balaban J connectivity index is 2.57. The maximum atomic E-state index is 11.2. The molecule has 0 saturated heterocycles. The van der Waals surface area contributed by atoms with E-state index in [9.17, 15) is 14.9 Å². The molecule has 2 rings (SSSR count). The van der Waals surface area contributed by atoms with Crippen molar-refractivity contribution in [1.29, 1.82) is 0 Å². The molecule has 1 aromatic carbocycles. The molecule has 2 aromatic rings. The van der Waals surface area contributed by atoms with E-state index in [2.05, 4.69) is 4.98 Å². The average Bonchev–Trinajstić information content (AvgIpc) is 2.53. The number of ether oxygens (including phenoxy) is 2. The Morgan fingerprint density at radius 1 is 1.23 bits per heavy atom. The van der Waals surface area contributed by atoms with E-state index < -0.39 is 10.9 Å². The molecule has 22 heavy (non-hydrogen) atoms. The molecule has 0 amide bonds. The molecule has 1 heterocycles. The van der Waals surface area contributed by atoms with E-state index >= 15 is 0 Å². The molecule has 0 radical (unpaired) electrons. The molecule has 1 N–H and O–H groups in total. The summed E-state index contributed by atoms with van der Waals surface area (Å²) in [5, 5.41) is 20.2. The van der Waals surface area contributed by atoms with E-state index in [0.717, 1.165) is 0 Å². The lowest BCUT2D eigenvalue weighted by molar-refractivity contribution is -0.385. The Labute approximate surface area is 125 Å². The molecule has 0 aliphatic rings. The van der Waals surface area contributed by atoms with E-state index in [1.165, 1.54) is 38.6 Å². The molecule has 0 aliphatic heterocycles. The minimum absolute atomic E-state index is 0.0778. The van der Waals surface area contributed by atoms with Gasteiger partial charge in [0.1, 0.15) is 5.56 Å². The van der Waals surface area contributed by atoms with Crippen molar-refractivity contribution in [2.45, 2.75) is 0 Å². The molecule has 0 fully saturated rings. The van der Waals surface area contributed by atoms with Crippen LogP contribution in [0.1, 0.15) is 10.4 Å². The Morgan fingerprint density at radius 2 is 1.91 bits per heavy atom. The molecule has 0 bridgehead atoms. The van der Waals surface area contributed by atoms with Gasteiger partial charge in [-0.1, -0.05) is 0 Å². The van der Waals surface area contributed by atoms with Crippen LogP contribution in [0.3, 0.4) is 0 Å². The highest BCUT2D eigenvalue weighted by molar-refractivity contribution is 5.92. The Hall–Kier alpha value is -3.16. The summed E-state index contributed by atoms with van der Waals surface area (Å²) in [5.41, 5.74) is 0.377. The Bertz CT molecular complexity index is 681. The van der Waals surface area contributed by atoms with Crippen LogP contribution in [-0.2, 0) is 0 Å². The van der Waals surface area contributed by atoms with Crippen LogP contribution in [0.4, 0.5) is 5.69 Å². The first-order valence-corrected chi connectivity index (χ1v) is 6.08. The average molecular weight is 304 g/mol. The quantitative estimate of drug-likeness (QED) is 0.666. The number of carboxylic acids is 1. The fourth-order valence-corrected chi connectivity index (χ4v) is 1.92. The molecule has 0 atom stereocenters. The van der Waals surface area contributed by atoms with Gasteiger partial charge in [0.2, 0.25) is 0 Å². The third-order valence-corrected chi connectivity index (χ3v) is 2.99. The zero-order valence-corrected chi connectivity index (χ0v) is 11.8. The summed E-state index contributed by atoms with van der Waals surface area (Å²) >= 11 is 0. The van der Waals surface area contributed by atoms with E-state index in [-0.39, 0.29) is 28.4 Å². The lowest BCUT2D eigenvalue weighted by Crippen LogP contribution is -2.02. The summed E-state index contributed by atoms with van der Waals surface area (Å²) in [6.07, 6.45) is 1.26. The number of benzene rings is 1. The molecular formula is C14H12N2O6. The van der Waals surface area contributed by atoms with E-state index in [1.54, 1.807) is 6.07 Å². The number of nitrogens with zero attached hydrogens (tertiary/aromatic N) is 2. The second kappa shape index (κ2) is 6.08. The smallest absolute Gasteiger partial charge is 0.339 e. The number of rotatable bonds is 5. The molecule has 8 heteroatoms. The van der Waals surface area contributed by atoms with Crippen molar-refractivity contribution in [2.24, 2.45) is 0 Å². The van der Waals surface area contributed by atoms with Gasteiger partial charge in [0.15, 0.2) is 11.5 Å². The lowest BCUT2D eigenvalue weighted by atomic mass is 10.1. The van der Waals surface area contributed by atoms with Gasteiger partial charge in [-0.3, -0.25) is 15.1 Å². The molecule has 1 aromatic heterocycles. The van der Waals surface area contributed by atoms with Crippen LogP contribution in [0.15, 0.2) is 30.5 Å². The monoisotopic (exact) mass is 304 g/mol. The number of methoxy groups -OCH3 is 2. The summed E-state index contributed by atoms with van der Waals surface area (Å²) in [6, 6.07) is 5.57. The molecule has 8 nitrogen and oxygen atoms in total. The molecule has 0 spiro atoms. The normalized spacial score (nSPS) is 10.1. The summed E-state index contributed by atoms with van der Waals surface area (Å²) in [6.45, 7) is 0. The topological polar surface area (TPSA) is 112 Å². The highest BCUT2D eigenvalue weighted by Gasteiger charge is 2.18.